The summed E-state index contributed by atoms with van der Waals surface area (Å²) >= 11 is 0. The molecule has 1 amide bonds. The van der Waals surface area contributed by atoms with Crippen molar-refractivity contribution in [1.82, 2.24) is 4.90 Å². The summed E-state index contributed by atoms with van der Waals surface area (Å²) < 4.78 is 11.0. The number of likely N-dealkylation sites (N-methyl/N-ethyl adjacent to an activating group) is 1. The van der Waals surface area contributed by atoms with Gasteiger partial charge in [0.1, 0.15) is 18.4 Å². The molecule has 0 spiro atoms. The first kappa shape index (κ1) is 30.8. The zero-order valence-electron chi connectivity index (χ0n) is 24.4. The summed E-state index contributed by atoms with van der Waals surface area (Å²) in [5, 5.41) is 3.23. The maximum absolute atomic E-state index is 13.2. The zero-order valence-corrected chi connectivity index (χ0v) is 24.4. The molecule has 0 aliphatic rings. The number of nitrogens with one attached hydrogen (secondary N) is 1. The first-order valence-corrected chi connectivity index (χ1v) is 14.3. The number of ether oxygens (including phenoxy) is 2. The lowest BCUT2D eigenvalue weighted by atomic mass is 10.00. The van der Waals surface area contributed by atoms with E-state index in [2.05, 4.69) is 5.32 Å². The molecular weight excluding hydrogens is 540 g/mol. The van der Waals surface area contributed by atoms with Gasteiger partial charge in [-0.15, -0.1) is 0 Å². The fourth-order valence-electron chi connectivity index (χ4n) is 4.57. The number of anilines is 1. The number of amides is 1. The van der Waals surface area contributed by atoms with Gasteiger partial charge in [0.25, 0.3) is 0 Å². The number of rotatable bonds is 14. The molecule has 0 bridgehead atoms. The van der Waals surface area contributed by atoms with Crippen LogP contribution in [0.15, 0.2) is 115 Å². The lowest BCUT2D eigenvalue weighted by molar-refractivity contribution is -0.141. The molecule has 4 rings (SSSR count). The van der Waals surface area contributed by atoms with Gasteiger partial charge in [0.15, 0.2) is 5.78 Å². The van der Waals surface area contributed by atoms with Crippen molar-refractivity contribution in [3.8, 4) is 5.75 Å². The van der Waals surface area contributed by atoms with E-state index in [4.69, 9.17) is 9.47 Å². The molecule has 4 aromatic carbocycles. The Morgan fingerprint density at radius 2 is 1.49 bits per heavy atom. The van der Waals surface area contributed by atoms with Crippen LogP contribution in [0.4, 0.5) is 5.69 Å². The van der Waals surface area contributed by atoms with E-state index < -0.39 is 12.0 Å². The first-order chi connectivity index (χ1) is 21.0. The van der Waals surface area contributed by atoms with E-state index >= 15 is 0 Å². The third kappa shape index (κ3) is 8.91. The van der Waals surface area contributed by atoms with Gasteiger partial charge in [0, 0.05) is 35.9 Å². The lowest BCUT2D eigenvalue weighted by Gasteiger charge is -2.20. The Morgan fingerprint density at radius 1 is 0.837 bits per heavy atom. The third-order valence-electron chi connectivity index (χ3n) is 6.93. The maximum atomic E-state index is 13.2. The molecule has 1 atom stereocenters. The van der Waals surface area contributed by atoms with Gasteiger partial charge in [-0.05, 0) is 48.4 Å². The smallest absolute Gasteiger partial charge is 0.328 e. The summed E-state index contributed by atoms with van der Waals surface area (Å²) in [5.74, 6) is 0.0180. The summed E-state index contributed by atoms with van der Waals surface area (Å²) in [5.41, 5.74) is 3.45. The largest absolute Gasteiger partial charge is 0.492 e. The van der Waals surface area contributed by atoms with Gasteiger partial charge in [-0.3, -0.25) is 9.59 Å². The Balaban J connectivity index is 1.35. The Morgan fingerprint density at radius 3 is 2.16 bits per heavy atom. The average molecular weight is 577 g/mol. The van der Waals surface area contributed by atoms with Crippen LogP contribution in [0.5, 0.6) is 5.75 Å². The van der Waals surface area contributed by atoms with Crippen LogP contribution in [-0.2, 0) is 20.7 Å². The molecule has 7 nitrogen and oxygen atoms in total. The number of para-hydroxylation sites is 1. The van der Waals surface area contributed by atoms with Crippen molar-refractivity contribution >= 4 is 29.4 Å². The van der Waals surface area contributed by atoms with E-state index in [0.29, 0.717) is 48.7 Å². The molecule has 0 unspecified atom stereocenters. The van der Waals surface area contributed by atoms with Gasteiger partial charge < -0.3 is 19.7 Å². The lowest BCUT2D eigenvalue weighted by Crippen LogP contribution is -2.33. The molecule has 43 heavy (non-hydrogen) atoms. The van der Waals surface area contributed by atoms with E-state index in [1.165, 1.54) is 7.11 Å². The molecule has 0 saturated carbocycles. The molecule has 0 aromatic heterocycles. The number of ketones is 1. The van der Waals surface area contributed by atoms with Crippen molar-refractivity contribution < 1.29 is 23.9 Å². The number of hydrogen-bond donors (Lipinski definition) is 1. The molecule has 0 aliphatic heterocycles. The highest BCUT2D eigenvalue weighted by Crippen LogP contribution is 2.22. The van der Waals surface area contributed by atoms with Crippen molar-refractivity contribution in [2.45, 2.75) is 19.4 Å². The quantitative estimate of drug-likeness (QED) is 0.112. The van der Waals surface area contributed by atoms with Crippen LogP contribution >= 0.6 is 0 Å². The van der Waals surface area contributed by atoms with Crippen molar-refractivity contribution in [2.75, 3.05) is 32.1 Å². The topological polar surface area (TPSA) is 84.9 Å². The molecular formula is C36H36N2O5. The van der Waals surface area contributed by atoms with Crippen LogP contribution in [0.2, 0.25) is 0 Å². The average Bonchev–Trinajstić information content (AvgIpc) is 3.06. The monoisotopic (exact) mass is 576 g/mol. The minimum atomic E-state index is -0.713. The van der Waals surface area contributed by atoms with Gasteiger partial charge in [0.2, 0.25) is 5.91 Å². The highest BCUT2D eigenvalue weighted by Gasteiger charge is 2.22. The first-order valence-electron chi connectivity index (χ1n) is 14.3. The molecule has 1 N–H and O–H groups in total. The van der Waals surface area contributed by atoms with Crippen LogP contribution in [0, 0.1) is 0 Å². The number of hydrogen-bond acceptors (Lipinski definition) is 6. The standard InChI is InChI=1S/C36H36N2O5/c1-3-38(34(39)23-20-27-12-6-4-7-13-27)24-25-43-30-21-18-28(19-22-30)26-33(36(41)42-2)37-32-17-11-10-16-31(32)35(40)29-14-8-5-9-15-29/h4-23,33,37H,3,24-26H2,1-2H3/b23-20+/t33-/m0/s1. The van der Waals surface area contributed by atoms with Crippen LogP contribution in [0.1, 0.15) is 34.0 Å². The molecule has 220 valence electrons. The Labute approximate surface area is 252 Å². The Hall–Kier alpha value is -5.17. The van der Waals surface area contributed by atoms with E-state index in [1.807, 2.05) is 85.8 Å². The number of methoxy groups -OCH3 is 1. The van der Waals surface area contributed by atoms with Crippen LogP contribution < -0.4 is 10.1 Å². The molecule has 0 fully saturated rings. The van der Waals surface area contributed by atoms with Gasteiger partial charge in [-0.2, -0.15) is 0 Å². The molecule has 0 saturated heterocycles. The van der Waals surface area contributed by atoms with Crippen molar-refractivity contribution in [3.63, 3.8) is 0 Å². The molecule has 0 heterocycles. The van der Waals surface area contributed by atoms with E-state index in [-0.39, 0.29) is 11.7 Å². The number of benzene rings is 4. The Kier molecular flexibility index (Phi) is 11.3. The fraction of sp³-hybridized carbons (Fsp3) is 0.194. The van der Waals surface area contributed by atoms with Crippen LogP contribution in [0.25, 0.3) is 6.08 Å². The van der Waals surface area contributed by atoms with Crippen LogP contribution in [-0.4, -0.2) is 55.4 Å². The van der Waals surface area contributed by atoms with Crippen molar-refractivity contribution in [1.29, 1.82) is 0 Å². The number of esters is 1. The number of carbonyl (C=O) groups excluding carboxylic acids is 3. The zero-order chi connectivity index (χ0) is 30.4. The summed E-state index contributed by atoms with van der Waals surface area (Å²) in [6.07, 6.45) is 3.73. The number of nitrogens with zero attached hydrogens (tertiary/aromatic N) is 1. The summed E-state index contributed by atoms with van der Waals surface area (Å²) in [7, 11) is 1.34. The SMILES string of the molecule is CCN(CCOc1ccc(C[C@H](Nc2ccccc2C(=O)c2ccccc2)C(=O)OC)cc1)C(=O)/C=C/c1ccccc1. The predicted octanol–water partition coefficient (Wildman–Crippen LogP) is 6.05. The molecule has 0 radical (unpaired) electrons. The van der Waals surface area contributed by atoms with Gasteiger partial charge in [0.05, 0.1) is 13.7 Å². The Bertz CT molecular complexity index is 1520. The second kappa shape index (κ2) is 15.7. The summed E-state index contributed by atoms with van der Waals surface area (Å²) in [6, 6.07) is 32.6. The van der Waals surface area contributed by atoms with Crippen molar-refractivity contribution in [3.05, 3.63) is 138 Å². The van der Waals surface area contributed by atoms with E-state index in [1.54, 1.807) is 47.4 Å². The second-order valence-corrected chi connectivity index (χ2v) is 9.82. The van der Waals surface area contributed by atoms with E-state index in [9.17, 15) is 14.4 Å². The summed E-state index contributed by atoms with van der Waals surface area (Å²) in [4.78, 5) is 40.2. The molecule has 7 heteroatoms. The normalized spacial score (nSPS) is 11.5. The predicted molar refractivity (Wildman–Crippen MR) is 169 cm³/mol. The molecule has 0 aliphatic carbocycles. The fourth-order valence-corrected chi connectivity index (χ4v) is 4.57. The summed E-state index contributed by atoms with van der Waals surface area (Å²) in [6.45, 7) is 3.30. The van der Waals surface area contributed by atoms with E-state index in [0.717, 1.165) is 11.1 Å². The minimum absolute atomic E-state index is 0.0707. The van der Waals surface area contributed by atoms with Crippen LogP contribution in [0.3, 0.4) is 0 Å². The third-order valence-corrected chi connectivity index (χ3v) is 6.93. The highest BCUT2D eigenvalue weighted by atomic mass is 16.5. The maximum Gasteiger partial charge on any atom is 0.328 e. The van der Waals surface area contributed by atoms with Gasteiger partial charge in [-0.1, -0.05) is 84.9 Å². The van der Waals surface area contributed by atoms with Gasteiger partial charge >= 0.3 is 5.97 Å². The second-order valence-electron chi connectivity index (χ2n) is 9.82. The number of carbonyl (C=O) groups is 3. The highest BCUT2D eigenvalue weighted by molar-refractivity contribution is 6.12. The van der Waals surface area contributed by atoms with Crippen molar-refractivity contribution in [2.24, 2.45) is 0 Å². The molecule has 4 aromatic rings. The minimum Gasteiger partial charge on any atom is -0.492 e. The van der Waals surface area contributed by atoms with Gasteiger partial charge in [-0.25, -0.2) is 4.79 Å².